The van der Waals surface area contributed by atoms with Crippen LogP contribution in [-0.4, -0.2) is 63.2 Å². The summed E-state index contributed by atoms with van der Waals surface area (Å²) in [7, 11) is 5.33. The number of hydrogen-bond acceptors (Lipinski definition) is 6. The predicted molar refractivity (Wildman–Crippen MR) is 133 cm³/mol. The molecule has 3 aromatic rings. The van der Waals surface area contributed by atoms with Crippen LogP contribution in [-0.2, 0) is 4.79 Å². The minimum atomic E-state index is -0.205. The number of pyridine rings is 1. The van der Waals surface area contributed by atoms with Gasteiger partial charge in [0.05, 0.1) is 19.7 Å². The second-order valence-corrected chi connectivity index (χ2v) is 8.26. The van der Waals surface area contributed by atoms with Crippen LogP contribution in [0.1, 0.15) is 11.1 Å². The molecule has 0 aliphatic carbocycles. The maximum atomic E-state index is 12.5. The molecule has 1 aliphatic rings. The van der Waals surface area contributed by atoms with Crippen molar-refractivity contribution in [3.05, 3.63) is 59.7 Å². The Hall–Kier alpha value is -3.58. The highest BCUT2D eigenvalue weighted by Crippen LogP contribution is 2.28. The molecule has 172 valence electrons. The number of methoxy groups -OCH3 is 2. The number of nitrogens with one attached hydrogen (secondary N) is 1. The molecule has 1 fully saturated rings. The Morgan fingerprint density at radius 1 is 1.00 bits per heavy atom. The fourth-order valence-corrected chi connectivity index (χ4v) is 3.96. The van der Waals surface area contributed by atoms with Gasteiger partial charge >= 0.3 is 0 Å². The third-order valence-electron chi connectivity index (χ3n) is 5.93. The van der Waals surface area contributed by atoms with Crippen LogP contribution in [0.2, 0.25) is 0 Å². The van der Waals surface area contributed by atoms with E-state index in [1.165, 1.54) is 6.08 Å². The minimum absolute atomic E-state index is 0.205. The molecule has 1 amide bonds. The molecule has 1 aliphatic heterocycles. The van der Waals surface area contributed by atoms with Crippen molar-refractivity contribution in [1.82, 2.24) is 9.88 Å². The van der Waals surface area contributed by atoms with E-state index in [-0.39, 0.29) is 5.91 Å². The first-order valence-corrected chi connectivity index (χ1v) is 11.0. The first-order chi connectivity index (χ1) is 16.0. The topological polar surface area (TPSA) is 66.9 Å². The Morgan fingerprint density at radius 3 is 2.48 bits per heavy atom. The number of likely N-dealkylation sites (N-methyl/N-ethyl adjacent to an activating group) is 1. The van der Waals surface area contributed by atoms with Crippen LogP contribution in [0, 0.1) is 6.92 Å². The number of piperazine rings is 1. The fourth-order valence-electron chi connectivity index (χ4n) is 3.96. The maximum absolute atomic E-state index is 12.5. The Bertz CT molecular complexity index is 1180. The summed E-state index contributed by atoms with van der Waals surface area (Å²) in [6, 6.07) is 13.5. The number of ether oxygens (including phenoxy) is 2. The Balaban J connectivity index is 1.47. The monoisotopic (exact) mass is 446 g/mol. The quantitative estimate of drug-likeness (QED) is 0.578. The van der Waals surface area contributed by atoms with E-state index in [1.807, 2.05) is 36.4 Å². The molecule has 0 radical (unpaired) electrons. The number of anilines is 2. The summed E-state index contributed by atoms with van der Waals surface area (Å²) in [4.78, 5) is 22.0. The second kappa shape index (κ2) is 9.92. The number of benzene rings is 2. The molecule has 7 nitrogen and oxygen atoms in total. The number of amides is 1. The summed E-state index contributed by atoms with van der Waals surface area (Å²) < 4.78 is 10.6. The van der Waals surface area contributed by atoms with E-state index in [4.69, 9.17) is 14.5 Å². The molecule has 0 bridgehead atoms. The smallest absolute Gasteiger partial charge is 0.248 e. The van der Waals surface area contributed by atoms with Crippen molar-refractivity contribution >= 4 is 34.4 Å². The number of nitrogens with zero attached hydrogens (tertiary/aromatic N) is 3. The number of hydrogen-bond donors (Lipinski definition) is 1. The minimum Gasteiger partial charge on any atom is -0.493 e. The molecule has 33 heavy (non-hydrogen) atoms. The van der Waals surface area contributed by atoms with Crippen LogP contribution in [0.5, 0.6) is 11.5 Å². The lowest BCUT2D eigenvalue weighted by Gasteiger charge is -2.33. The Morgan fingerprint density at radius 2 is 1.76 bits per heavy atom. The van der Waals surface area contributed by atoms with Crippen molar-refractivity contribution in [2.45, 2.75) is 6.92 Å². The molecule has 1 N–H and O–H groups in total. The normalized spacial score (nSPS) is 14.6. The van der Waals surface area contributed by atoms with Gasteiger partial charge in [-0.2, -0.15) is 0 Å². The van der Waals surface area contributed by atoms with Gasteiger partial charge < -0.3 is 24.6 Å². The summed E-state index contributed by atoms with van der Waals surface area (Å²) >= 11 is 0. The Labute approximate surface area is 194 Å². The summed E-state index contributed by atoms with van der Waals surface area (Å²) in [5.74, 6) is 2.08. The molecule has 0 saturated carbocycles. The molecule has 2 aromatic carbocycles. The van der Waals surface area contributed by atoms with E-state index < -0.39 is 0 Å². The maximum Gasteiger partial charge on any atom is 0.248 e. The lowest BCUT2D eigenvalue weighted by molar-refractivity contribution is -0.111. The van der Waals surface area contributed by atoms with Gasteiger partial charge in [0.2, 0.25) is 5.91 Å². The van der Waals surface area contributed by atoms with Gasteiger partial charge in [0.15, 0.2) is 11.5 Å². The van der Waals surface area contributed by atoms with Crippen molar-refractivity contribution < 1.29 is 14.3 Å². The van der Waals surface area contributed by atoms with Gasteiger partial charge in [-0.1, -0.05) is 6.07 Å². The van der Waals surface area contributed by atoms with Crippen molar-refractivity contribution in [2.75, 3.05) is 57.7 Å². The van der Waals surface area contributed by atoms with E-state index in [0.717, 1.165) is 59.7 Å². The summed E-state index contributed by atoms with van der Waals surface area (Å²) in [6.07, 6.45) is 3.25. The average molecular weight is 447 g/mol. The highest BCUT2D eigenvalue weighted by molar-refractivity contribution is 6.03. The Kier molecular flexibility index (Phi) is 6.79. The standard InChI is InChI=1S/C26H30N4O3/c1-18-15-25(30-13-11-29(2)12-14-30)28-22-8-7-20(17-21(18)22)27-26(31)10-6-19-5-9-23(32-3)24(16-19)33-4/h5-10,15-17H,11-14H2,1-4H3,(H,27,31). The summed E-state index contributed by atoms with van der Waals surface area (Å²) in [5.41, 5.74) is 3.66. The molecule has 4 rings (SSSR count). The molecule has 0 atom stereocenters. The third-order valence-corrected chi connectivity index (χ3v) is 5.93. The van der Waals surface area contributed by atoms with Crippen molar-refractivity contribution in [1.29, 1.82) is 0 Å². The lowest BCUT2D eigenvalue weighted by Crippen LogP contribution is -2.44. The zero-order valence-electron chi connectivity index (χ0n) is 19.6. The molecule has 1 aromatic heterocycles. The number of carbonyl (C=O) groups is 1. The molecule has 0 spiro atoms. The van der Waals surface area contributed by atoms with Gasteiger partial charge in [0, 0.05) is 43.3 Å². The molecule has 2 heterocycles. The first kappa shape index (κ1) is 22.6. The van der Waals surface area contributed by atoms with Gasteiger partial charge in [0.25, 0.3) is 0 Å². The van der Waals surface area contributed by atoms with E-state index in [0.29, 0.717) is 11.5 Å². The van der Waals surface area contributed by atoms with Gasteiger partial charge in [-0.05, 0) is 67.6 Å². The highest BCUT2D eigenvalue weighted by Gasteiger charge is 2.16. The summed E-state index contributed by atoms with van der Waals surface area (Å²) in [6.45, 7) is 6.14. The zero-order valence-corrected chi connectivity index (χ0v) is 19.6. The van der Waals surface area contributed by atoms with Gasteiger partial charge in [0.1, 0.15) is 5.82 Å². The van der Waals surface area contributed by atoms with Crippen LogP contribution >= 0.6 is 0 Å². The van der Waals surface area contributed by atoms with Gasteiger partial charge in [-0.25, -0.2) is 4.98 Å². The number of aryl methyl sites for hydroxylation is 1. The van der Waals surface area contributed by atoms with E-state index in [9.17, 15) is 4.79 Å². The largest absolute Gasteiger partial charge is 0.493 e. The van der Waals surface area contributed by atoms with Crippen LogP contribution < -0.4 is 19.7 Å². The van der Waals surface area contributed by atoms with Crippen molar-refractivity contribution in [2.24, 2.45) is 0 Å². The van der Waals surface area contributed by atoms with Crippen LogP contribution in [0.3, 0.4) is 0 Å². The molecule has 7 heteroatoms. The van der Waals surface area contributed by atoms with Crippen molar-refractivity contribution in [3.8, 4) is 11.5 Å². The molecular formula is C26H30N4O3. The lowest BCUT2D eigenvalue weighted by atomic mass is 10.1. The molecule has 0 unspecified atom stereocenters. The second-order valence-electron chi connectivity index (χ2n) is 8.26. The van der Waals surface area contributed by atoms with E-state index in [2.05, 4.69) is 35.2 Å². The summed E-state index contributed by atoms with van der Waals surface area (Å²) in [5, 5.41) is 3.98. The van der Waals surface area contributed by atoms with Crippen LogP contribution in [0.4, 0.5) is 11.5 Å². The average Bonchev–Trinajstić information content (AvgIpc) is 2.83. The third kappa shape index (κ3) is 5.26. The number of rotatable bonds is 6. The molecule has 1 saturated heterocycles. The zero-order chi connectivity index (χ0) is 23.4. The van der Waals surface area contributed by atoms with Gasteiger partial charge in [-0.15, -0.1) is 0 Å². The SMILES string of the molecule is COc1ccc(C=CC(=O)Nc2ccc3nc(N4CCN(C)CC4)cc(C)c3c2)cc1OC. The highest BCUT2D eigenvalue weighted by atomic mass is 16.5. The van der Waals surface area contributed by atoms with Crippen LogP contribution in [0.25, 0.3) is 17.0 Å². The first-order valence-electron chi connectivity index (χ1n) is 11.0. The number of fused-ring (bicyclic) bond motifs is 1. The van der Waals surface area contributed by atoms with Crippen LogP contribution in [0.15, 0.2) is 48.5 Å². The van der Waals surface area contributed by atoms with Crippen molar-refractivity contribution in [3.63, 3.8) is 0 Å². The van der Waals surface area contributed by atoms with E-state index >= 15 is 0 Å². The number of carbonyl (C=O) groups excluding carboxylic acids is 1. The fraction of sp³-hybridized carbons (Fsp3) is 0.308. The van der Waals surface area contributed by atoms with E-state index in [1.54, 1.807) is 20.3 Å². The predicted octanol–water partition coefficient (Wildman–Crippen LogP) is 3.96. The molecular weight excluding hydrogens is 416 g/mol. The van der Waals surface area contributed by atoms with Gasteiger partial charge in [-0.3, -0.25) is 4.79 Å². The number of aromatic nitrogens is 1.